The van der Waals surface area contributed by atoms with Crippen molar-refractivity contribution >= 4 is 11.9 Å². The average molecular weight is 277 g/mol. The van der Waals surface area contributed by atoms with E-state index in [1.54, 1.807) is 0 Å². The molecule has 0 spiro atoms. The Morgan fingerprint density at radius 3 is 2.50 bits per heavy atom. The van der Waals surface area contributed by atoms with Gasteiger partial charge in [0.1, 0.15) is 6.61 Å². The van der Waals surface area contributed by atoms with E-state index in [1.165, 1.54) is 6.92 Å². The molecular weight excluding hydrogens is 254 g/mol. The van der Waals surface area contributed by atoms with Crippen LogP contribution in [0.15, 0.2) is 30.3 Å². The number of carbonyl (C=O) groups is 2. The summed E-state index contributed by atoms with van der Waals surface area (Å²) in [6.45, 7) is 3.81. The number of unbranched alkanes of at least 4 members (excludes halogenated alkanes) is 2. The van der Waals surface area contributed by atoms with E-state index in [4.69, 9.17) is 4.74 Å². The molecule has 0 heterocycles. The summed E-state index contributed by atoms with van der Waals surface area (Å²) >= 11 is 0. The quantitative estimate of drug-likeness (QED) is 0.740. The zero-order valence-corrected chi connectivity index (χ0v) is 12.2. The van der Waals surface area contributed by atoms with Gasteiger partial charge in [0.15, 0.2) is 5.78 Å². The molecule has 1 unspecified atom stereocenters. The minimum absolute atomic E-state index is 0.0298. The van der Waals surface area contributed by atoms with Gasteiger partial charge < -0.3 is 10.1 Å². The second-order valence-electron chi connectivity index (χ2n) is 4.87. The molecule has 0 fully saturated rings. The summed E-state index contributed by atoms with van der Waals surface area (Å²) in [6, 6.07) is 9.01. The van der Waals surface area contributed by atoms with Gasteiger partial charge in [0.25, 0.3) is 0 Å². The predicted molar refractivity (Wildman–Crippen MR) is 78.4 cm³/mol. The predicted octanol–water partition coefficient (Wildman–Crippen LogP) is 3.45. The molecule has 20 heavy (non-hydrogen) atoms. The fourth-order valence-corrected chi connectivity index (χ4v) is 1.88. The first kappa shape index (κ1) is 16.2. The lowest BCUT2D eigenvalue weighted by Crippen LogP contribution is -2.39. The van der Waals surface area contributed by atoms with E-state index in [9.17, 15) is 9.59 Å². The molecule has 1 aromatic carbocycles. The standard InChI is InChI=1S/C16H23NO3/c1-3-4-6-11-15(13(2)18)17-16(19)20-12-14-9-7-5-8-10-14/h5,7-10,15H,3-4,6,11-12H2,1-2H3,(H,17,19). The Morgan fingerprint density at radius 2 is 1.90 bits per heavy atom. The Kier molecular flexibility index (Phi) is 7.40. The minimum atomic E-state index is -0.537. The number of ketones is 1. The Bertz CT molecular complexity index is 417. The number of alkyl carbamates (subject to hydrolysis) is 1. The van der Waals surface area contributed by atoms with Crippen LogP contribution in [0.25, 0.3) is 0 Å². The Morgan fingerprint density at radius 1 is 1.20 bits per heavy atom. The SMILES string of the molecule is CCCCCC(NC(=O)OCc1ccccc1)C(C)=O. The van der Waals surface area contributed by atoms with Crippen LogP contribution in [-0.4, -0.2) is 17.9 Å². The van der Waals surface area contributed by atoms with Crippen LogP contribution in [0.5, 0.6) is 0 Å². The highest BCUT2D eigenvalue weighted by atomic mass is 16.5. The second kappa shape index (κ2) is 9.13. The lowest BCUT2D eigenvalue weighted by molar-refractivity contribution is -0.119. The largest absolute Gasteiger partial charge is 0.445 e. The highest BCUT2D eigenvalue weighted by molar-refractivity contribution is 5.85. The van der Waals surface area contributed by atoms with Gasteiger partial charge in [-0.15, -0.1) is 0 Å². The molecule has 4 nitrogen and oxygen atoms in total. The maximum absolute atomic E-state index is 11.7. The summed E-state index contributed by atoms with van der Waals surface area (Å²) in [7, 11) is 0. The van der Waals surface area contributed by atoms with E-state index < -0.39 is 12.1 Å². The van der Waals surface area contributed by atoms with Crippen LogP contribution in [0, 0.1) is 0 Å². The fraction of sp³-hybridized carbons (Fsp3) is 0.500. The van der Waals surface area contributed by atoms with Crippen molar-refractivity contribution in [3.05, 3.63) is 35.9 Å². The first-order valence-electron chi connectivity index (χ1n) is 7.11. The number of benzene rings is 1. The summed E-state index contributed by atoms with van der Waals surface area (Å²) in [5.41, 5.74) is 0.924. The van der Waals surface area contributed by atoms with Crippen molar-refractivity contribution in [3.8, 4) is 0 Å². The number of carbonyl (C=O) groups excluding carboxylic acids is 2. The van der Waals surface area contributed by atoms with Crippen LogP contribution in [0.3, 0.4) is 0 Å². The number of Topliss-reactive ketones (excluding diaryl/α,β-unsaturated/α-hetero) is 1. The van der Waals surface area contributed by atoms with Gasteiger partial charge in [-0.05, 0) is 18.9 Å². The van der Waals surface area contributed by atoms with Crippen molar-refractivity contribution in [1.29, 1.82) is 0 Å². The van der Waals surface area contributed by atoms with Gasteiger partial charge in [0.2, 0.25) is 0 Å². The van der Waals surface area contributed by atoms with Gasteiger partial charge in [-0.25, -0.2) is 4.79 Å². The maximum atomic E-state index is 11.7. The van der Waals surface area contributed by atoms with E-state index in [-0.39, 0.29) is 12.4 Å². The Hall–Kier alpha value is -1.84. The molecule has 1 atom stereocenters. The molecular formula is C16H23NO3. The number of hydrogen-bond donors (Lipinski definition) is 1. The minimum Gasteiger partial charge on any atom is -0.445 e. The summed E-state index contributed by atoms with van der Waals surface area (Å²) in [6.07, 6.45) is 3.21. The van der Waals surface area contributed by atoms with Crippen molar-refractivity contribution in [2.75, 3.05) is 0 Å². The van der Waals surface area contributed by atoms with Crippen molar-refractivity contribution in [3.63, 3.8) is 0 Å². The van der Waals surface area contributed by atoms with Crippen LogP contribution in [-0.2, 0) is 16.1 Å². The Balaban J connectivity index is 2.36. The number of ether oxygens (including phenoxy) is 1. The summed E-state index contributed by atoms with van der Waals surface area (Å²) < 4.78 is 5.11. The lowest BCUT2D eigenvalue weighted by atomic mass is 10.1. The Labute approximate surface area is 120 Å². The normalized spacial score (nSPS) is 11.7. The molecule has 4 heteroatoms. The van der Waals surface area contributed by atoms with Crippen LogP contribution in [0.1, 0.15) is 45.1 Å². The molecule has 0 saturated heterocycles. The maximum Gasteiger partial charge on any atom is 0.408 e. The van der Waals surface area contributed by atoms with E-state index in [2.05, 4.69) is 12.2 Å². The lowest BCUT2D eigenvalue weighted by Gasteiger charge is -2.15. The summed E-state index contributed by atoms with van der Waals surface area (Å²) in [4.78, 5) is 23.2. The molecule has 0 aromatic heterocycles. The molecule has 0 aliphatic rings. The topological polar surface area (TPSA) is 55.4 Å². The number of nitrogens with one attached hydrogen (secondary N) is 1. The third kappa shape index (κ3) is 6.36. The van der Waals surface area contributed by atoms with Crippen molar-refractivity contribution in [1.82, 2.24) is 5.32 Å². The van der Waals surface area contributed by atoms with Crippen molar-refractivity contribution < 1.29 is 14.3 Å². The number of amides is 1. The molecule has 1 amide bonds. The third-order valence-electron chi connectivity index (χ3n) is 3.09. The molecule has 0 radical (unpaired) electrons. The molecule has 0 saturated carbocycles. The van der Waals surface area contributed by atoms with Gasteiger partial charge in [-0.2, -0.15) is 0 Å². The molecule has 1 rings (SSSR count). The molecule has 1 N–H and O–H groups in total. The van der Waals surface area contributed by atoms with Gasteiger partial charge in [0.05, 0.1) is 6.04 Å². The van der Waals surface area contributed by atoms with Gasteiger partial charge >= 0.3 is 6.09 Å². The van der Waals surface area contributed by atoms with Gasteiger partial charge in [-0.3, -0.25) is 4.79 Å². The van der Waals surface area contributed by atoms with Crippen molar-refractivity contribution in [2.45, 2.75) is 52.2 Å². The monoisotopic (exact) mass is 277 g/mol. The number of rotatable bonds is 8. The first-order chi connectivity index (χ1) is 9.63. The summed E-state index contributed by atoms with van der Waals surface area (Å²) in [5.74, 6) is -0.0298. The zero-order valence-electron chi connectivity index (χ0n) is 12.2. The average Bonchev–Trinajstić information content (AvgIpc) is 2.45. The van der Waals surface area contributed by atoms with Crippen LogP contribution >= 0.6 is 0 Å². The zero-order chi connectivity index (χ0) is 14.8. The van der Waals surface area contributed by atoms with E-state index in [0.717, 1.165) is 24.8 Å². The van der Waals surface area contributed by atoms with Crippen LogP contribution in [0.4, 0.5) is 4.79 Å². The second-order valence-corrected chi connectivity index (χ2v) is 4.87. The first-order valence-corrected chi connectivity index (χ1v) is 7.11. The van der Waals surface area contributed by atoms with E-state index >= 15 is 0 Å². The molecule has 0 aliphatic heterocycles. The van der Waals surface area contributed by atoms with Crippen LogP contribution < -0.4 is 5.32 Å². The van der Waals surface area contributed by atoms with Gasteiger partial charge in [0, 0.05) is 0 Å². The third-order valence-corrected chi connectivity index (χ3v) is 3.09. The van der Waals surface area contributed by atoms with Crippen molar-refractivity contribution in [2.24, 2.45) is 0 Å². The molecule has 0 bridgehead atoms. The van der Waals surface area contributed by atoms with Crippen LogP contribution in [0.2, 0.25) is 0 Å². The molecule has 0 aliphatic carbocycles. The number of hydrogen-bond acceptors (Lipinski definition) is 3. The highest BCUT2D eigenvalue weighted by Crippen LogP contribution is 2.06. The fourth-order valence-electron chi connectivity index (χ4n) is 1.88. The highest BCUT2D eigenvalue weighted by Gasteiger charge is 2.17. The van der Waals surface area contributed by atoms with E-state index in [0.29, 0.717) is 6.42 Å². The summed E-state index contributed by atoms with van der Waals surface area (Å²) in [5, 5.41) is 2.63. The van der Waals surface area contributed by atoms with Gasteiger partial charge in [-0.1, -0.05) is 56.5 Å². The smallest absolute Gasteiger partial charge is 0.408 e. The molecule has 110 valence electrons. The van der Waals surface area contributed by atoms with E-state index in [1.807, 2.05) is 30.3 Å². The molecule has 1 aromatic rings.